The van der Waals surface area contributed by atoms with Crippen molar-refractivity contribution in [3.63, 3.8) is 0 Å². The molecule has 0 aliphatic heterocycles. The van der Waals surface area contributed by atoms with Crippen LogP contribution in [0.25, 0.3) is 0 Å². The zero-order valence-corrected chi connectivity index (χ0v) is 11.5. The van der Waals surface area contributed by atoms with Gasteiger partial charge in [-0.1, -0.05) is 26.7 Å². The summed E-state index contributed by atoms with van der Waals surface area (Å²) in [6.45, 7) is 4.28. The average molecular weight is 290 g/mol. The minimum Gasteiger partial charge on any atom is -0.382 e. The standard InChI is InChI=1S/C11H16BrNOS/c1-10(2)5-3-4-6-11(10,14)9-13-7-8(12)15-9/h7,14H,3-6H2,1-2H3. The minimum absolute atomic E-state index is 0.0669. The molecule has 1 saturated carbocycles. The molecule has 1 atom stereocenters. The molecular weight excluding hydrogens is 274 g/mol. The first-order valence-corrected chi connectivity index (χ1v) is 6.91. The summed E-state index contributed by atoms with van der Waals surface area (Å²) >= 11 is 4.96. The van der Waals surface area contributed by atoms with Crippen molar-refractivity contribution in [2.75, 3.05) is 0 Å². The van der Waals surface area contributed by atoms with Crippen molar-refractivity contribution < 1.29 is 5.11 Å². The molecule has 0 bridgehead atoms. The summed E-state index contributed by atoms with van der Waals surface area (Å²) in [5, 5.41) is 11.7. The lowest BCUT2D eigenvalue weighted by atomic mass is 9.66. The van der Waals surface area contributed by atoms with Crippen LogP contribution in [0.5, 0.6) is 0 Å². The van der Waals surface area contributed by atoms with E-state index in [1.54, 1.807) is 17.5 Å². The molecule has 1 aromatic rings. The summed E-state index contributed by atoms with van der Waals surface area (Å²) in [6.07, 6.45) is 5.99. The molecule has 4 heteroatoms. The van der Waals surface area contributed by atoms with Crippen molar-refractivity contribution in [1.29, 1.82) is 0 Å². The maximum atomic E-state index is 10.8. The highest BCUT2D eigenvalue weighted by Crippen LogP contribution is 2.51. The molecule has 1 N–H and O–H groups in total. The van der Waals surface area contributed by atoms with Crippen molar-refractivity contribution in [3.8, 4) is 0 Å². The topological polar surface area (TPSA) is 33.1 Å². The third-order valence-corrected chi connectivity index (χ3v) is 5.17. The highest BCUT2D eigenvalue weighted by Gasteiger charge is 2.48. The molecule has 0 saturated heterocycles. The van der Waals surface area contributed by atoms with Crippen molar-refractivity contribution in [1.82, 2.24) is 4.98 Å². The van der Waals surface area contributed by atoms with E-state index in [-0.39, 0.29) is 5.41 Å². The zero-order chi connectivity index (χ0) is 11.1. The second kappa shape index (κ2) is 3.82. The van der Waals surface area contributed by atoms with E-state index < -0.39 is 5.60 Å². The molecule has 1 unspecified atom stereocenters. The first kappa shape index (κ1) is 11.6. The second-order valence-electron chi connectivity index (χ2n) is 4.92. The summed E-state index contributed by atoms with van der Waals surface area (Å²) < 4.78 is 0.993. The molecule has 1 aliphatic rings. The van der Waals surface area contributed by atoms with Crippen LogP contribution in [0.4, 0.5) is 0 Å². The Hall–Kier alpha value is 0.0700. The maximum absolute atomic E-state index is 10.8. The molecule has 0 radical (unpaired) electrons. The van der Waals surface area contributed by atoms with E-state index in [9.17, 15) is 5.11 Å². The van der Waals surface area contributed by atoms with Gasteiger partial charge in [0.25, 0.3) is 0 Å². The smallest absolute Gasteiger partial charge is 0.126 e. The fourth-order valence-corrected chi connectivity index (χ4v) is 3.84. The molecule has 1 fully saturated rings. The van der Waals surface area contributed by atoms with E-state index in [2.05, 4.69) is 34.8 Å². The normalized spacial score (nSPS) is 30.4. The number of thiazole rings is 1. The van der Waals surface area contributed by atoms with Crippen LogP contribution in [-0.4, -0.2) is 10.1 Å². The van der Waals surface area contributed by atoms with Crippen molar-refractivity contribution in [3.05, 3.63) is 15.0 Å². The largest absolute Gasteiger partial charge is 0.382 e. The van der Waals surface area contributed by atoms with Crippen LogP contribution in [0.1, 0.15) is 44.5 Å². The van der Waals surface area contributed by atoms with Gasteiger partial charge in [0.15, 0.2) is 0 Å². The molecular formula is C11H16BrNOS. The minimum atomic E-state index is -0.734. The number of aromatic nitrogens is 1. The molecule has 2 rings (SSSR count). The Morgan fingerprint density at radius 2 is 2.07 bits per heavy atom. The lowest BCUT2D eigenvalue weighted by Crippen LogP contribution is -2.44. The van der Waals surface area contributed by atoms with Crippen LogP contribution in [0, 0.1) is 5.41 Å². The van der Waals surface area contributed by atoms with Gasteiger partial charge in [-0.3, -0.25) is 0 Å². The lowest BCUT2D eigenvalue weighted by molar-refractivity contribution is -0.104. The summed E-state index contributed by atoms with van der Waals surface area (Å²) in [7, 11) is 0. The Balaban J connectivity index is 2.39. The summed E-state index contributed by atoms with van der Waals surface area (Å²) in [4.78, 5) is 4.33. The number of hydrogen-bond donors (Lipinski definition) is 1. The number of nitrogens with zero attached hydrogens (tertiary/aromatic N) is 1. The van der Waals surface area contributed by atoms with Crippen LogP contribution in [0.3, 0.4) is 0 Å². The SMILES string of the molecule is CC1(C)CCCCC1(O)c1ncc(Br)s1. The Morgan fingerprint density at radius 3 is 2.60 bits per heavy atom. The molecule has 1 aromatic heterocycles. The molecule has 0 aromatic carbocycles. The van der Waals surface area contributed by atoms with Gasteiger partial charge in [0.1, 0.15) is 10.6 Å². The van der Waals surface area contributed by atoms with E-state index in [4.69, 9.17) is 0 Å². The van der Waals surface area contributed by atoms with Crippen LogP contribution >= 0.6 is 27.3 Å². The van der Waals surface area contributed by atoms with Crippen LogP contribution in [0.15, 0.2) is 9.98 Å². The number of rotatable bonds is 1. The highest BCUT2D eigenvalue weighted by atomic mass is 79.9. The average Bonchev–Trinajstić information content (AvgIpc) is 2.58. The summed E-state index contributed by atoms with van der Waals surface area (Å²) in [5.41, 5.74) is -0.801. The molecule has 1 aliphatic carbocycles. The van der Waals surface area contributed by atoms with Gasteiger partial charge in [-0.25, -0.2) is 4.98 Å². The quantitative estimate of drug-likeness (QED) is 0.855. The van der Waals surface area contributed by atoms with E-state index in [0.717, 1.165) is 28.1 Å². The van der Waals surface area contributed by atoms with E-state index in [0.29, 0.717) is 0 Å². The van der Waals surface area contributed by atoms with Gasteiger partial charge < -0.3 is 5.11 Å². The molecule has 15 heavy (non-hydrogen) atoms. The van der Waals surface area contributed by atoms with Crippen LogP contribution in [0.2, 0.25) is 0 Å². The van der Waals surface area contributed by atoms with Crippen LogP contribution < -0.4 is 0 Å². The summed E-state index contributed by atoms with van der Waals surface area (Å²) in [6, 6.07) is 0. The third-order valence-electron chi connectivity index (χ3n) is 3.54. The predicted octanol–water partition coefficient (Wildman–Crippen LogP) is 3.69. The number of aliphatic hydroxyl groups is 1. The third kappa shape index (κ3) is 1.87. The van der Waals surface area contributed by atoms with Crippen molar-refractivity contribution >= 4 is 27.3 Å². The van der Waals surface area contributed by atoms with E-state index in [1.165, 1.54) is 6.42 Å². The fourth-order valence-electron chi connectivity index (χ4n) is 2.34. The van der Waals surface area contributed by atoms with Crippen LogP contribution in [-0.2, 0) is 5.60 Å². The Morgan fingerprint density at radius 1 is 1.40 bits per heavy atom. The highest BCUT2D eigenvalue weighted by molar-refractivity contribution is 9.11. The molecule has 2 nitrogen and oxygen atoms in total. The molecule has 0 amide bonds. The van der Waals surface area contributed by atoms with Gasteiger partial charge in [-0.05, 0) is 28.8 Å². The van der Waals surface area contributed by atoms with Crippen molar-refractivity contribution in [2.45, 2.75) is 45.1 Å². The fraction of sp³-hybridized carbons (Fsp3) is 0.727. The Kier molecular flexibility index (Phi) is 2.95. The van der Waals surface area contributed by atoms with Crippen molar-refractivity contribution in [2.24, 2.45) is 5.41 Å². The maximum Gasteiger partial charge on any atom is 0.126 e. The van der Waals surface area contributed by atoms with Gasteiger partial charge in [0.2, 0.25) is 0 Å². The first-order chi connectivity index (χ1) is 6.96. The molecule has 84 valence electrons. The summed E-state index contributed by atoms with van der Waals surface area (Å²) in [5.74, 6) is 0. The number of halogens is 1. The molecule has 0 spiro atoms. The monoisotopic (exact) mass is 289 g/mol. The van der Waals surface area contributed by atoms with Gasteiger partial charge in [-0.15, -0.1) is 11.3 Å². The Labute approximate surface area is 103 Å². The number of hydrogen-bond acceptors (Lipinski definition) is 3. The Bertz CT molecular complexity index is 363. The van der Waals surface area contributed by atoms with Gasteiger partial charge in [0.05, 0.1) is 9.98 Å². The van der Waals surface area contributed by atoms with Gasteiger partial charge >= 0.3 is 0 Å². The zero-order valence-electron chi connectivity index (χ0n) is 9.09. The van der Waals surface area contributed by atoms with Gasteiger partial charge in [-0.2, -0.15) is 0 Å². The lowest BCUT2D eigenvalue weighted by Gasteiger charge is -2.45. The van der Waals surface area contributed by atoms with E-state index >= 15 is 0 Å². The van der Waals surface area contributed by atoms with E-state index in [1.807, 2.05) is 0 Å². The first-order valence-electron chi connectivity index (χ1n) is 5.30. The predicted molar refractivity (Wildman–Crippen MR) is 66.0 cm³/mol. The molecule has 1 heterocycles. The van der Waals surface area contributed by atoms with Gasteiger partial charge in [0, 0.05) is 5.41 Å². The second-order valence-corrected chi connectivity index (χ2v) is 7.33.